The summed E-state index contributed by atoms with van der Waals surface area (Å²) in [6, 6.07) is 29.9. The van der Waals surface area contributed by atoms with Gasteiger partial charge in [-0.2, -0.15) is 0 Å². The van der Waals surface area contributed by atoms with Crippen LogP contribution in [-0.2, 0) is 11.4 Å². The second-order valence-corrected chi connectivity index (χ2v) is 9.12. The molecule has 0 aliphatic carbocycles. The highest BCUT2D eigenvalue weighted by molar-refractivity contribution is 5.86. The van der Waals surface area contributed by atoms with Crippen LogP contribution in [0.2, 0.25) is 0 Å². The molecule has 1 aliphatic rings. The van der Waals surface area contributed by atoms with Crippen LogP contribution >= 0.6 is 0 Å². The lowest BCUT2D eigenvalue weighted by Crippen LogP contribution is -2.39. The van der Waals surface area contributed by atoms with E-state index in [2.05, 4.69) is 35.2 Å². The number of carboxylic acids is 1. The van der Waals surface area contributed by atoms with E-state index in [1.807, 2.05) is 67.6 Å². The Morgan fingerprint density at radius 1 is 0.944 bits per heavy atom. The van der Waals surface area contributed by atoms with Crippen LogP contribution in [0.25, 0.3) is 10.8 Å². The van der Waals surface area contributed by atoms with Gasteiger partial charge in [0, 0.05) is 6.54 Å². The highest BCUT2D eigenvalue weighted by Crippen LogP contribution is 2.41. The molecule has 4 aromatic carbocycles. The molecule has 1 aliphatic heterocycles. The number of hydrogen-bond acceptors (Lipinski definition) is 4. The minimum atomic E-state index is -0.773. The van der Waals surface area contributed by atoms with Crippen molar-refractivity contribution in [3.63, 3.8) is 0 Å². The Morgan fingerprint density at radius 2 is 1.72 bits per heavy atom. The van der Waals surface area contributed by atoms with E-state index in [4.69, 9.17) is 9.47 Å². The lowest BCUT2D eigenvalue weighted by atomic mass is 9.91. The molecule has 2 atom stereocenters. The Morgan fingerprint density at radius 3 is 2.53 bits per heavy atom. The summed E-state index contributed by atoms with van der Waals surface area (Å²) >= 11 is 0. The Labute approximate surface area is 211 Å². The van der Waals surface area contributed by atoms with E-state index in [-0.39, 0.29) is 6.04 Å². The fraction of sp³-hybridized carbons (Fsp3) is 0.258. The van der Waals surface area contributed by atoms with Crippen LogP contribution in [0.4, 0.5) is 0 Å². The second kappa shape index (κ2) is 10.8. The minimum Gasteiger partial charge on any atom is -0.490 e. The van der Waals surface area contributed by atoms with Gasteiger partial charge in [0.2, 0.25) is 0 Å². The van der Waals surface area contributed by atoms with Gasteiger partial charge in [-0.05, 0) is 59.4 Å². The van der Waals surface area contributed by atoms with Crippen LogP contribution < -0.4 is 9.47 Å². The Kier molecular flexibility index (Phi) is 7.19. The molecule has 0 aromatic heterocycles. The normalized spacial score (nSPS) is 16.6. The average molecular weight is 482 g/mol. The number of rotatable bonds is 9. The Bertz CT molecular complexity index is 1330. The first-order valence-corrected chi connectivity index (χ1v) is 12.6. The molecular weight excluding hydrogens is 450 g/mol. The van der Waals surface area contributed by atoms with Crippen molar-refractivity contribution in [2.45, 2.75) is 38.5 Å². The van der Waals surface area contributed by atoms with Crippen molar-refractivity contribution >= 4 is 16.7 Å². The van der Waals surface area contributed by atoms with Crippen LogP contribution in [0, 0.1) is 0 Å². The first-order valence-electron chi connectivity index (χ1n) is 12.6. The standard InChI is InChI=1S/C31H31NO4/c1-2-35-29-20-24(17-18-28(29)36-21-22-10-4-3-5-11-22)30(32-19-9-16-27(32)31(33)34)26-15-8-13-23-12-6-7-14-25(23)26/h3-8,10-15,17-18,20,27,30H,2,9,16,19,21H2,1H3,(H,33,34). The Hall–Kier alpha value is -3.83. The van der Waals surface area contributed by atoms with Gasteiger partial charge in [0.1, 0.15) is 12.6 Å². The van der Waals surface area contributed by atoms with Gasteiger partial charge in [-0.15, -0.1) is 0 Å². The SMILES string of the molecule is CCOc1cc(C(c2cccc3ccccc23)N2CCCC2C(=O)O)ccc1OCc1ccccc1. The molecule has 2 unspecified atom stereocenters. The van der Waals surface area contributed by atoms with Crippen LogP contribution in [0.5, 0.6) is 11.5 Å². The number of aliphatic carboxylic acids is 1. The zero-order valence-electron chi connectivity index (χ0n) is 20.5. The molecule has 36 heavy (non-hydrogen) atoms. The van der Waals surface area contributed by atoms with E-state index in [9.17, 15) is 9.90 Å². The monoisotopic (exact) mass is 481 g/mol. The third-order valence-electron chi connectivity index (χ3n) is 6.85. The van der Waals surface area contributed by atoms with E-state index in [0.717, 1.165) is 40.4 Å². The number of carboxylic acid groups (broad SMARTS) is 1. The second-order valence-electron chi connectivity index (χ2n) is 9.12. The van der Waals surface area contributed by atoms with Gasteiger partial charge in [0.15, 0.2) is 11.5 Å². The molecular formula is C31H31NO4. The molecule has 1 fully saturated rings. The van der Waals surface area contributed by atoms with Gasteiger partial charge in [0.05, 0.1) is 12.6 Å². The van der Waals surface area contributed by atoms with Gasteiger partial charge in [-0.25, -0.2) is 0 Å². The highest BCUT2D eigenvalue weighted by Gasteiger charge is 2.37. The zero-order chi connectivity index (χ0) is 24.9. The van der Waals surface area contributed by atoms with E-state index in [1.54, 1.807) is 0 Å². The fourth-order valence-electron chi connectivity index (χ4n) is 5.22. The summed E-state index contributed by atoms with van der Waals surface area (Å²) in [5, 5.41) is 12.3. The summed E-state index contributed by atoms with van der Waals surface area (Å²) in [5.74, 6) is 0.574. The largest absolute Gasteiger partial charge is 0.490 e. The van der Waals surface area contributed by atoms with Crippen molar-refractivity contribution in [2.75, 3.05) is 13.2 Å². The van der Waals surface area contributed by atoms with E-state index in [0.29, 0.717) is 31.1 Å². The van der Waals surface area contributed by atoms with E-state index in [1.165, 1.54) is 0 Å². The smallest absolute Gasteiger partial charge is 0.320 e. The maximum atomic E-state index is 12.2. The lowest BCUT2D eigenvalue weighted by molar-refractivity contribution is -0.142. The summed E-state index contributed by atoms with van der Waals surface area (Å²) in [7, 11) is 0. The van der Waals surface area contributed by atoms with Crippen molar-refractivity contribution in [1.29, 1.82) is 0 Å². The molecule has 5 rings (SSSR count). The van der Waals surface area contributed by atoms with Crippen LogP contribution in [0.3, 0.4) is 0 Å². The summed E-state index contributed by atoms with van der Waals surface area (Å²) in [6.45, 7) is 3.63. The predicted octanol–water partition coefficient (Wildman–Crippen LogP) is 6.46. The van der Waals surface area contributed by atoms with Crippen molar-refractivity contribution in [2.24, 2.45) is 0 Å². The van der Waals surface area contributed by atoms with Gasteiger partial charge in [-0.1, -0.05) is 78.9 Å². The van der Waals surface area contributed by atoms with Crippen molar-refractivity contribution in [3.05, 3.63) is 108 Å². The van der Waals surface area contributed by atoms with Crippen molar-refractivity contribution in [3.8, 4) is 11.5 Å². The van der Waals surface area contributed by atoms with Crippen LogP contribution in [0.15, 0.2) is 91.0 Å². The molecule has 1 saturated heterocycles. The highest BCUT2D eigenvalue weighted by atomic mass is 16.5. The molecule has 0 saturated carbocycles. The Balaban J connectivity index is 1.58. The number of hydrogen-bond donors (Lipinski definition) is 1. The topological polar surface area (TPSA) is 59.0 Å². The molecule has 5 heteroatoms. The van der Waals surface area contributed by atoms with Crippen molar-refractivity contribution < 1.29 is 19.4 Å². The lowest BCUT2D eigenvalue weighted by Gasteiger charge is -2.33. The maximum absolute atomic E-state index is 12.2. The number of likely N-dealkylation sites (tertiary alicyclic amines) is 1. The number of ether oxygens (including phenoxy) is 2. The van der Waals surface area contributed by atoms with Gasteiger partial charge < -0.3 is 14.6 Å². The van der Waals surface area contributed by atoms with Gasteiger partial charge in [-0.3, -0.25) is 9.69 Å². The number of carbonyl (C=O) groups is 1. The molecule has 0 spiro atoms. The molecule has 0 amide bonds. The average Bonchev–Trinajstić information content (AvgIpc) is 3.39. The molecule has 0 radical (unpaired) electrons. The first-order chi connectivity index (χ1) is 17.7. The van der Waals surface area contributed by atoms with E-state index >= 15 is 0 Å². The predicted molar refractivity (Wildman–Crippen MR) is 142 cm³/mol. The van der Waals surface area contributed by atoms with Crippen LogP contribution in [-0.4, -0.2) is 35.2 Å². The summed E-state index contributed by atoms with van der Waals surface area (Å²) in [6.07, 6.45) is 1.50. The molecule has 5 nitrogen and oxygen atoms in total. The van der Waals surface area contributed by atoms with E-state index < -0.39 is 12.0 Å². The minimum absolute atomic E-state index is 0.220. The quantitative estimate of drug-likeness (QED) is 0.297. The molecule has 1 heterocycles. The number of fused-ring (bicyclic) bond motifs is 1. The molecule has 0 bridgehead atoms. The number of benzene rings is 4. The fourth-order valence-corrected chi connectivity index (χ4v) is 5.22. The summed E-state index contributed by atoms with van der Waals surface area (Å²) < 4.78 is 12.2. The summed E-state index contributed by atoms with van der Waals surface area (Å²) in [4.78, 5) is 14.3. The first kappa shape index (κ1) is 23.9. The van der Waals surface area contributed by atoms with Gasteiger partial charge in [0.25, 0.3) is 0 Å². The molecule has 184 valence electrons. The van der Waals surface area contributed by atoms with Crippen molar-refractivity contribution in [1.82, 2.24) is 4.90 Å². The molecule has 1 N–H and O–H groups in total. The van der Waals surface area contributed by atoms with Gasteiger partial charge >= 0.3 is 5.97 Å². The third kappa shape index (κ3) is 4.93. The number of nitrogens with zero attached hydrogens (tertiary/aromatic N) is 1. The molecule has 4 aromatic rings. The van der Waals surface area contributed by atoms with Crippen LogP contribution in [0.1, 0.15) is 42.5 Å². The maximum Gasteiger partial charge on any atom is 0.320 e. The zero-order valence-corrected chi connectivity index (χ0v) is 20.5. The summed E-state index contributed by atoms with van der Waals surface area (Å²) in [5.41, 5.74) is 3.18. The third-order valence-corrected chi connectivity index (χ3v) is 6.85.